The van der Waals surface area contributed by atoms with Crippen LogP contribution in [0.5, 0.6) is 11.5 Å². The van der Waals surface area contributed by atoms with Crippen molar-refractivity contribution in [3.63, 3.8) is 0 Å². The van der Waals surface area contributed by atoms with Crippen LogP contribution in [-0.2, 0) is 37.8 Å². The first-order valence-electron chi connectivity index (χ1n) is 21.5. The van der Waals surface area contributed by atoms with Crippen LogP contribution in [-0.4, -0.2) is 72.2 Å². The molecule has 0 aliphatic carbocycles. The van der Waals surface area contributed by atoms with Crippen molar-refractivity contribution in [2.75, 3.05) is 34.5 Å². The van der Waals surface area contributed by atoms with E-state index in [0.29, 0.717) is 64.2 Å². The van der Waals surface area contributed by atoms with Gasteiger partial charge < -0.3 is 28.3 Å². The number of nitrogens with zero attached hydrogens (tertiary/aromatic N) is 6. The molecule has 13 nitrogen and oxygen atoms in total. The summed E-state index contributed by atoms with van der Waals surface area (Å²) in [6.45, 7) is 5.36. The molecule has 6 aromatic rings. The van der Waals surface area contributed by atoms with E-state index in [1.54, 1.807) is 38.7 Å². The zero-order valence-electron chi connectivity index (χ0n) is 35.6. The van der Waals surface area contributed by atoms with E-state index in [1.807, 2.05) is 128 Å². The standard InChI is InChI=1S/C49H47FN6O7Si/c1-31-47(64(2,3)50)44(23-24-53-27-38(51-52-53)36(28-57)33-11-5-4-6-12-33)63-49(31)37-25-35(56-41-14-8-10-16-43(41)62-30-46(56)59)21-22-39(37)54(48(49)60)26-32-17-19-34(20-18-32)55-40-13-7-9-15-42(40)61-29-45(55)58/h4-22,25,27,31,36,44,47,57H,23-24,26,28-30H2,1-3H3/t31-,36?,44+,47-,49+/m0/s1. The van der Waals surface area contributed by atoms with Crippen molar-refractivity contribution in [3.8, 4) is 11.5 Å². The van der Waals surface area contributed by atoms with Gasteiger partial charge in [-0.3, -0.25) is 28.9 Å². The molecule has 3 amide bonds. The van der Waals surface area contributed by atoms with Gasteiger partial charge >= 0.3 is 0 Å². The Balaban J connectivity index is 1.00. The predicted octanol–water partition coefficient (Wildman–Crippen LogP) is 7.93. The van der Waals surface area contributed by atoms with Gasteiger partial charge in [0.15, 0.2) is 18.8 Å². The fourth-order valence-electron chi connectivity index (χ4n) is 10.2. The quantitative estimate of drug-likeness (QED) is 0.102. The second-order valence-corrected chi connectivity index (χ2v) is 21.1. The van der Waals surface area contributed by atoms with Gasteiger partial charge in [0.2, 0.25) is 8.41 Å². The Hall–Kier alpha value is -6.68. The Labute approximate surface area is 370 Å². The Kier molecular flexibility index (Phi) is 10.4. The lowest BCUT2D eigenvalue weighted by Crippen LogP contribution is -2.45. The van der Waals surface area contributed by atoms with Crippen LogP contribution in [0.25, 0.3) is 0 Å². The van der Waals surface area contributed by atoms with Crippen molar-refractivity contribution >= 4 is 54.6 Å². The van der Waals surface area contributed by atoms with E-state index in [2.05, 4.69) is 10.3 Å². The second-order valence-electron chi connectivity index (χ2n) is 17.3. The number of hydrogen-bond donors (Lipinski definition) is 1. The number of ether oxygens (including phenoxy) is 3. The first kappa shape index (κ1) is 41.3. The molecule has 1 spiro atoms. The molecule has 1 saturated heterocycles. The van der Waals surface area contributed by atoms with Gasteiger partial charge in [-0.1, -0.05) is 78.9 Å². The number of fused-ring (bicyclic) bond motifs is 4. The molecule has 5 atom stereocenters. The van der Waals surface area contributed by atoms with Gasteiger partial charge in [0.25, 0.3) is 17.7 Å². The molecule has 1 aromatic heterocycles. The van der Waals surface area contributed by atoms with Crippen molar-refractivity contribution in [2.24, 2.45) is 5.92 Å². The molecule has 1 unspecified atom stereocenters. The molecule has 0 radical (unpaired) electrons. The zero-order valence-corrected chi connectivity index (χ0v) is 36.6. The van der Waals surface area contributed by atoms with Gasteiger partial charge in [-0.25, -0.2) is 0 Å². The number of aliphatic hydroxyl groups excluding tert-OH is 1. The van der Waals surface area contributed by atoms with Crippen LogP contribution in [0.1, 0.15) is 41.6 Å². The van der Waals surface area contributed by atoms with Crippen LogP contribution in [0, 0.1) is 5.92 Å². The maximum Gasteiger partial charge on any atom is 0.269 e. The number of aliphatic hydroxyl groups is 1. The fourth-order valence-corrected chi connectivity index (χ4v) is 12.7. The summed E-state index contributed by atoms with van der Waals surface area (Å²) in [5.74, 6) is -0.572. The first-order valence-corrected chi connectivity index (χ1v) is 24.5. The van der Waals surface area contributed by atoms with Crippen LogP contribution in [0.2, 0.25) is 18.6 Å². The third-order valence-electron chi connectivity index (χ3n) is 13.1. The number of hydrogen-bond acceptors (Lipinski definition) is 9. The largest absolute Gasteiger partial charge is 0.482 e. The van der Waals surface area contributed by atoms with Gasteiger partial charge in [0.1, 0.15) is 11.5 Å². The number of para-hydroxylation sites is 4. The average molecular weight is 879 g/mol. The molecule has 326 valence electrons. The summed E-state index contributed by atoms with van der Waals surface area (Å²) >= 11 is 0. The SMILES string of the molecule is C[C@H]1[C@H]([Si](C)(C)F)[C@@H](CCn2cc(C(CO)c3ccccc3)nn2)O[C@]12C(=O)N(Cc1ccc(N3C(=O)COc4ccccc43)cc1)c1ccc(N3C(=O)COc4ccccc43)cc12. The maximum atomic E-state index is 16.9. The Morgan fingerprint density at radius 2 is 1.41 bits per heavy atom. The molecular formula is C49H47FN6O7Si. The van der Waals surface area contributed by atoms with Crippen LogP contribution in [0.4, 0.5) is 32.5 Å². The number of rotatable bonds is 11. The monoisotopic (exact) mass is 878 g/mol. The topological polar surface area (TPSA) is 140 Å². The molecule has 15 heteroatoms. The van der Waals surface area contributed by atoms with Gasteiger partial charge in [-0.05, 0) is 85.2 Å². The van der Waals surface area contributed by atoms with Crippen molar-refractivity contribution in [1.29, 1.82) is 0 Å². The van der Waals surface area contributed by atoms with E-state index in [0.717, 1.165) is 11.1 Å². The predicted molar refractivity (Wildman–Crippen MR) is 240 cm³/mol. The average Bonchev–Trinajstić information content (AvgIpc) is 3.96. The number of carbonyl (C=O) groups excluding carboxylic acids is 3. The molecule has 5 heterocycles. The van der Waals surface area contributed by atoms with Crippen molar-refractivity contribution in [1.82, 2.24) is 15.0 Å². The summed E-state index contributed by atoms with van der Waals surface area (Å²) in [4.78, 5) is 47.1. The highest BCUT2D eigenvalue weighted by Gasteiger charge is 2.66. The minimum Gasteiger partial charge on any atom is -0.482 e. The summed E-state index contributed by atoms with van der Waals surface area (Å²) < 4.78 is 37.2. The van der Waals surface area contributed by atoms with Crippen molar-refractivity contribution < 1.29 is 37.8 Å². The van der Waals surface area contributed by atoms with Crippen LogP contribution >= 0.6 is 0 Å². The highest BCUT2D eigenvalue weighted by Crippen LogP contribution is 2.61. The third-order valence-corrected chi connectivity index (χ3v) is 15.5. The Morgan fingerprint density at radius 3 is 2.05 bits per heavy atom. The molecule has 64 heavy (non-hydrogen) atoms. The highest BCUT2D eigenvalue weighted by atomic mass is 28.4. The molecule has 1 fully saturated rings. The first-order chi connectivity index (χ1) is 31.0. The third kappa shape index (κ3) is 6.94. The summed E-state index contributed by atoms with van der Waals surface area (Å²) in [5, 5.41) is 19.1. The van der Waals surface area contributed by atoms with Gasteiger partial charge in [-0.2, -0.15) is 0 Å². The molecule has 4 aliphatic heterocycles. The summed E-state index contributed by atoms with van der Waals surface area (Å²) in [5.41, 5.74) is 3.73. The van der Waals surface area contributed by atoms with E-state index in [1.165, 1.54) is 0 Å². The Bertz CT molecular complexity index is 2760. The van der Waals surface area contributed by atoms with Gasteiger partial charge in [-0.15, -0.1) is 5.10 Å². The lowest BCUT2D eigenvalue weighted by Gasteiger charge is -2.32. The number of aryl methyl sites for hydroxylation is 1. The molecular weight excluding hydrogens is 832 g/mol. The number of benzene rings is 5. The zero-order chi connectivity index (χ0) is 44.3. The van der Waals surface area contributed by atoms with E-state index in [-0.39, 0.29) is 50.0 Å². The summed E-state index contributed by atoms with van der Waals surface area (Å²) in [7, 11) is -3.55. The maximum absolute atomic E-state index is 16.9. The van der Waals surface area contributed by atoms with E-state index < -0.39 is 31.6 Å². The smallest absolute Gasteiger partial charge is 0.269 e. The normalized spacial score (nSPS) is 22.0. The number of amides is 3. The van der Waals surface area contributed by atoms with Gasteiger partial charge in [0, 0.05) is 41.1 Å². The van der Waals surface area contributed by atoms with E-state index >= 15 is 8.90 Å². The number of aromatic nitrogens is 3. The highest BCUT2D eigenvalue weighted by molar-refractivity contribution is 6.72. The molecule has 10 rings (SSSR count). The van der Waals surface area contributed by atoms with E-state index in [9.17, 15) is 14.7 Å². The van der Waals surface area contributed by atoms with E-state index in [4.69, 9.17) is 14.2 Å². The summed E-state index contributed by atoms with van der Waals surface area (Å²) in [6.07, 6.45) is 1.48. The molecule has 0 saturated carbocycles. The van der Waals surface area contributed by atoms with Crippen molar-refractivity contribution in [2.45, 2.75) is 62.7 Å². The lowest BCUT2D eigenvalue weighted by atomic mass is 9.82. The summed E-state index contributed by atoms with van der Waals surface area (Å²) in [6, 6.07) is 37.3. The second kappa shape index (κ2) is 16.1. The number of anilines is 5. The van der Waals surface area contributed by atoms with Crippen LogP contribution in [0.3, 0.4) is 0 Å². The minimum atomic E-state index is -3.55. The molecule has 1 N–H and O–H groups in total. The molecule has 4 aliphatic rings. The Morgan fingerprint density at radius 1 is 0.797 bits per heavy atom. The fraction of sp³-hybridized carbons (Fsp3) is 0.286. The number of carbonyl (C=O) groups is 3. The minimum absolute atomic E-state index is 0.0828. The van der Waals surface area contributed by atoms with Crippen molar-refractivity contribution in [3.05, 3.63) is 150 Å². The van der Waals surface area contributed by atoms with Crippen LogP contribution in [0.15, 0.2) is 128 Å². The van der Waals surface area contributed by atoms with Gasteiger partial charge in [0.05, 0.1) is 47.9 Å². The number of halogens is 1. The lowest BCUT2D eigenvalue weighted by molar-refractivity contribution is -0.146. The molecule has 5 aromatic carbocycles. The van der Waals surface area contributed by atoms with Crippen LogP contribution < -0.4 is 24.2 Å². The molecule has 0 bridgehead atoms.